The third kappa shape index (κ3) is 7.38. The fraction of sp³-hybridized carbons (Fsp3) is 0.733. The Labute approximate surface area is 249 Å². The number of carbonyl (C=O) groups excluding carboxylic acids is 2. The van der Waals surface area contributed by atoms with Gasteiger partial charge in [-0.25, -0.2) is 4.79 Å². The zero-order valence-electron chi connectivity index (χ0n) is 25.0. The van der Waals surface area contributed by atoms with E-state index < -0.39 is 23.5 Å². The van der Waals surface area contributed by atoms with Crippen LogP contribution in [-0.4, -0.2) is 104 Å². The van der Waals surface area contributed by atoms with Crippen molar-refractivity contribution in [1.29, 1.82) is 0 Å². The van der Waals surface area contributed by atoms with E-state index in [1.807, 2.05) is 0 Å². The van der Waals surface area contributed by atoms with E-state index in [2.05, 4.69) is 10.1 Å². The summed E-state index contributed by atoms with van der Waals surface area (Å²) in [6.45, 7) is 5.60. The molecule has 2 saturated heterocycles. The van der Waals surface area contributed by atoms with Crippen LogP contribution in [0.15, 0.2) is 18.2 Å². The van der Waals surface area contributed by atoms with Crippen molar-refractivity contribution < 1.29 is 46.8 Å². The molecule has 0 radical (unpaired) electrons. The van der Waals surface area contributed by atoms with Crippen LogP contribution in [0.3, 0.4) is 0 Å². The Morgan fingerprint density at radius 1 is 1.21 bits per heavy atom. The van der Waals surface area contributed by atoms with Gasteiger partial charge < -0.3 is 39.2 Å². The highest BCUT2D eigenvalue weighted by Crippen LogP contribution is 2.51. The summed E-state index contributed by atoms with van der Waals surface area (Å²) in [5.41, 5.74) is -0.337. The van der Waals surface area contributed by atoms with Crippen molar-refractivity contribution in [3.63, 3.8) is 0 Å². The van der Waals surface area contributed by atoms with E-state index in [9.17, 15) is 27.9 Å². The number of alkyl halides is 3. The molecule has 3 heterocycles. The number of nitrogens with one attached hydrogen (secondary N) is 1. The molecule has 0 spiro atoms. The van der Waals surface area contributed by atoms with Gasteiger partial charge in [-0.2, -0.15) is 0 Å². The van der Waals surface area contributed by atoms with Gasteiger partial charge in [0.05, 0.1) is 30.3 Å². The van der Waals surface area contributed by atoms with Gasteiger partial charge in [-0.1, -0.05) is 6.07 Å². The fourth-order valence-electron chi connectivity index (χ4n) is 7.10. The quantitative estimate of drug-likeness (QED) is 0.460. The standard InChI is InChI=1S/C30H42F3N3O7/c1-28(2,39)8-11-42-27(38)36-16-21-13-22(34-24-7-10-41-17-25(24)40-3)14-29(21,18-36)26(37)35-9-6-19-4-5-23(12-20(19)15-35)43-30(31,32)33/h4-5,12,21-22,24-25,34,39H,6-11,13-18H2,1-3H3. The van der Waals surface area contributed by atoms with Crippen LogP contribution >= 0.6 is 0 Å². The van der Waals surface area contributed by atoms with Crippen LogP contribution < -0.4 is 10.1 Å². The van der Waals surface area contributed by atoms with E-state index in [0.717, 1.165) is 12.0 Å². The third-order valence-corrected chi connectivity index (χ3v) is 9.27. The maximum Gasteiger partial charge on any atom is 0.573 e. The highest BCUT2D eigenvalue weighted by molar-refractivity contribution is 5.86. The number of aliphatic hydroxyl groups is 1. The van der Waals surface area contributed by atoms with Crippen LogP contribution in [-0.2, 0) is 32.0 Å². The predicted molar refractivity (Wildman–Crippen MR) is 148 cm³/mol. The summed E-state index contributed by atoms with van der Waals surface area (Å²) in [6.07, 6.45) is -2.66. The topological polar surface area (TPSA) is 110 Å². The summed E-state index contributed by atoms with van der Waals surface area (Å²) in [5.74, 6) is -0.537. The molecule has 240 valence electrons. The molecule has 1 aliphatic carbocycles. The van der Waals surface area contributed by atoms with Crippen molar-refractivity contribution in [1.82, 2.24) is 15.1 Å². The Balaban J connectivity index is 1.33. The van der Waals surface area contributed by atoms with Gasteiger partial charge in [-0.3, -0.25) is 4.79 Å². The lowest BCUT2D eigenvalue weighted by molar-refractivity contribution is -0.274. The van der Waals surface area contributed by atoms with Crippen molar-refractivity contribution in [2.75, 3.05) is 46.6 Å². The Morgan fingerprint density at radius 2 is 2.00 bits per heavy atom. The van der Waals surface area contributed by atoms with Gasteiger partial charge in [-0.15, -0.1) is 13.2 Å². The highest BCUT2D eigenvalue weighted by atomic mass is 19.4. The van der Waals surface area contributed by atoms with Gasteiger partial charge in [0.1, 0.15) is 5.75 Å². The minimum absolute atomic E-state index is 0.0203. The van der Waals surface area contributed by atoms with Gasteiger partial charge in [0, 0.05) is 58.4 Å². The molecule has 1 aromatic carbocycles. The van der Waals surface area contributed by atoms with Crippen molar-refractivity contribution in [2.45, 2.75) is 82.6 Å². The minimum Gasteiger partial charge on any atom is -0.449 e. The molecule has 5 atom stereocenters. The molecule has 3 aliphatic heterocycles. The zero-order chi connectivity index (χ0) is 31.0. The molecular weight excluding hydrogens is 571 g/mol. The molecule has 13 heteroatoms. The average Bonchev–Trinajstić information content (AvgIpc) is 3.46. The van der Waals surface area contributed by atoms with E-state index in [-0.39, 0.29) is 61.9 Å². The van der Waals surface area contributed by atoms with Gasteiger partial charge in [-0.05, 0) is 68.7 Å². The fourth-order valence-corrected chi connectivity index (χ4v) is 7.10. The summed E-state index contributed by atoms with van der Waals surface area (Å²) in [7, 11) is 1.66. The van der Waals surface area contributed by atoms with Crippen molar-refractivity contribution in [3.05, 3.63) is 29.3 Å². The molecule has 2 N–H and O–H groups in total. The lowest BCUT2D eigenvalue weighted by Gasteiger charge is -2.38. The second-order valence-electron chi connectivity index (χ2n) is 12.9. The van der Waals surface area contributed by atoms with Crippen molar-refractivity contribution in [3.8, 4) is 5.75 Å². The summed E-state index contributed by atoms with van der Waals surface area (Å²) >= 11 is 0. The number of rotatable bonds is 8. The maximum absolute atomic E-state index is 14.4. The van der Waals surface area contributed by atoms with Gasteiger partial charge in [0.15, 0.2) is 0 Å². The lowest BCUT2D eigenvalue weighted by atomic mass is 9.78. The molecule has 1 saturated carbocycles. The predicted octanol–water partition coefficient (Wildman–Crippen LogP) is 3.24. The number of ether oxygens (including phenoxy) is 4. The van der Waals surface area contributed by atoms with Crippen LogP contribution in [0.5, 0.6) is 5.75 Å². The Hall–Kier alpha value is -2.61. The molecule has 1 aromatic rings. The summed E-state index contributed by atoms with van der Waals surface area (Å²) in [5, 5.41) is 13.7. The van der Waals surface area contributed by atoms with Gasteiger partial charge in [0.25, 0.3) is 0 Å². The summed E-state index contributed by atoms with van der Waals surface area (Å²) < 4.78 is 59.4. The van der Waals surface area contributed by atoms with E-state index >= 15 is 0 Å². The molecule has 5 unspecified atom stereocenters. The molecule has 2 amide bonds. The number of carbonyl (C=O) groups is 2. The SMILES string of the molecule is COC1COCCC1NC1CC2CN(C(=O)OCCC(C)(C)O)CC2(C(=O)N2CCc3ccc(OC(F)(F)F)cc3C2)C1. The largest absolute Gasteiger partial charge is 0.573 e. The second kappa shape index (κ2) is 12.4. The number of likely N-dealkylation sites (tertiary alicyclic amines) is 1. The van der Waals surface area contributed by atoms with E-state index in [1.54, 1.807) is 36.8 Å². The Kier molecular flexibility index (Phi) is 9.18. The average molecular weight is 614 g/mol. The molecule has 43 heavy (non-hydrogen) atoms. The monoisotopic (exact) mass is 613 g/mol. The second-order valence-corrected chi connectivity index (χ2v) is 12.9. The molecule has 5 rings (SSSR count). The van der Waals surface area contributed by atoms with E-state index in [0.29, 0.717) is 51.1 Å². The Morgan fingerprint density at radius 3 is 2.72 bits per heavy atom. The van der Waals surface area contributed by atoms with Crippen LogP contribution in [0.2, 0.25) is 0 Å². The molecule has 10 nitrogen and oxygen atoms in total. The van der Waals surface area contributed by atoms with E-state index in [1.165, 1.54) is 12.1 Å². The summed E-state index contributed by atoms with van der Waals surface area (Å²) in [6, 6.07) is 4.37. The number of hydrogen-bond acceptors (Lipinski definition) is 8. The number of nitrogens with zero attached hydrogens (tertiary/aromatic N) is 2. The van der Waals surface area contributed by atoms with Crippen LogP contribution in [0.25, 0.3) is 0 Å². The van der Waals surface area contributed by atoms with Crippen LogP contribution in [0.1, 0.15) is 50.7 Å². The number of benzene rings is 1. The number of hydrogen-bond donors (Lipinski definition) is 2. The molecular formula is C30H42F3N3O7. The first-order valence-corrected chi connectivity index (χ1v) is 14.9. The maximum atomic E-state index is 14.4. The number of methoxy groups -OCH3 is 1. The lowest BCUT2D eigenvalue weighted by Crippen LogP contribution is -2.52. The zero-order valence-corrected chi connectivity index (χ0v) is 25.0. The van der Waals surface area contributed by atoms with Crippen LogP contribution in [0.4, 0.5) is 18.0 Å². The van der Waals surface area contributed by atoms with E-state index in [4.69, 9.17) is 14.2 Å². The van der Waals surface area contributed by atoms with Crippen molar-refractivity contribution >= 4 is 12.0 Å². The smallest absolute Gasteiger partial charge is 0.449 e. The first-order chi connectivity index (χ1) is 20.3. The number of halogens is 3. The first-order valence-electron chi connectivity index (χ1n) is 14.9. The Bertz CT molecular complexity index is 1180. The van der Waals surface area contributed by atoms with Gasteiger partial charge >= 0.3 is 12.5 Å². The molecule has 3 fully saturated rings. The highest BCUT2D eigenvalue weighted by Gasteiger charge is 2.60. The number of amides is 2. The molecule has 4 aliphatic rings. The number of fused-ring (bicyclic) bond motifs is 2. The summed E-state index contributed by atoms with van der Waals surface area (Å²) in [4.78, 5) is 30.8. The van der Waals surface area contributed by atoms with Crippen LogP contribution in [0, 0.1) is 11.3 Å². The minimum atomic E-state index is -4.81. The molecule has 0 bridgehead atoms. The third-order valence-electron chi connectivity index (χ3n) is 9.27. The normalized spacial score (nSPS) is 29.3. The first kappa shape index (κ1) is 31.8. The molecule has 0 aromatic heterocycles. The van der Waals surface area contributed by atoms with Crippen molar-refractivity contribution in [2.24, 2.45) is 11.3 Å². The van der Waals surface area contributed by atoms with Gasteiger partial charge in [0.2, 0.25) is 5.91 Å².